The number of hydrogen-bond acceptors (Lipinski definition) is 5. The van der Waals surface area contributed by atoms with Crippen molar-refractivity contribution in [2.24, 2.45) is 63.6 Å². The average molecular weight is 667 g/mol. The molecular formula is C43H70O5. The highest BCUT2D eigenvalue weighted by Gasteiger charge is 2.69. The van der Waals surface area contributed by atoms with E-state index in [1.165, 1.54) is 6.42 Å². The maximum atomic E-state index is 14.7. The molecule has 0 heterocycles. The summed E-state index contributed by atoms with van der Waals surface area (Å²) in [6.45, 7) is 30.6. The van der Waals surface area contributed by atoms with Crippen LogP contribution in [0.4, 0.5) is 0 Å². The van der Waals surface area contributed by atoms with E-state index in [0.29, 0.717) is 50.0 Å². The first-order valence-electron chi connectivity index (χ1n) is 19.0. The van der Waals surface area contributed by atoms with Crippen molar-refractivity contribution in [2.75, 3.05) is 0 Å². The summed E-state index contributed by atoms with van der Waals surface area (Å²) in [4.78, 5) is 68.2. The number of Topliss-reactive ketones (excluding diaryl/α,β-unsaturated/α-hetero) is 5. The molecule has 0 aromatic carbocycles. The van der Waals surface area contributed by atoms with Gasteiger partial charge in [-0.3, -0.25) is 24.0 Å². The minimum Gasteiger partial charge on any atom is -0.300 e. The lowest BCUT2D eigenvalue weighted by atomic mass is 9.66. The summed E-state index contributed by atoms with van der Waals surface area (Å²) in [5.74, 6) is -0.729. The monoisotopic (exact) mass is 667 g/mol. The maximum Gasteiger partial charge on any atom is 0.158 e. The predicted molar refractivity (Wildman–Crippen MR) is 197 cm³/mol. The molecule has 3 saturated carbocycles. The summed E-state index contributed by atoms with van der Waals surface area (Å²) in [6, 6.07) is 0. The summed E-state index contributed by atoms with van der Waals surface area (Å²) in [5.41, 5.74) is 0.203. The van der Waals surface area contributed by atoms with Crippen molar-refractivity contribution in [1.29, 1.82) is 0 Å². The Morgan fingerprint density at radius 3 is 2.00 bits per heavy atom. The van der Waals surface area contributed by atoms with Gasteiger partial charge in [0, 0.05) is 55.8 Å². The fourth-order valence-corrected chi connectivity index (χ4v) is 8.80. The zero-order valence-corrected chi connectivity index (χ0v) is 32.6. The smallest absolute Gasteiger partial charge is 0.158 e. The Balaban J connectivity index is 0.00000257. The van der Waals surface area contributed by atoms with Gasteiger partial charge in [-0.25, -0.2) is 0 Å². The molecule has 5 nitrogen and oxygen atoms in total. The Morgan fingerprint density at radius 1 is 0.875 bits per heavy atom. The SMILES string of the molecule is C=CCCC(=O)C(=C)C(C)CC(=O)C1C(C(=O)[C@H](CC(=O)CC(C)(C)C)C2CCCC(C(=O)CC(C)(C)C)C2)CC2C1C2(C)C.CCC. The first kappa shape index (κ1) is 42.0. The fraction of sp³-hybridized carbons (Fsp3) is 0.791. The fourth-order valence-electron chi connectivity index (χ4n) is 8.80. The number of carbonyl (C=O) groups is 5. The largest absolute Gasteiger partial charge is 0.300 e. The van der Waals surface area contributed by atoms with E-state index in [1.807, 2.05) is 27.7 Å². The number of allylic oxidation sites excluding steroid dienone is 2. The van der Waals surface area contributed by atoms with Crippen LogP contribution < -0.4 is 0 Å². The molecule has 272 valence electrons. The molecule has 0 aliphatic heterocycles. The van der Waals surface area contributed by atoms with E-state index >= 15 is 0 Å². The lowest BCUT2D eigenvalue weighted by molar-refractivity contribution is -0.139. The number of fused-ring (bicyclic) bond motifs is 1. The van der Waals surface area contributed by atoms with Crippen molar-refractivity contribution >= 4 is 28.9 Å². The molecule has 3 aliphatic rings. The molecule has 3 rings (SSSR count). The third-order valence-electron chi connectivity index (χ3n) is 11.2. The molecule has 0 N–H and O–H groups in total. The molecular weight excluding hydrogens is 596 g/mol. The van der Waals surface area contributed by atoms with Crippen molar-refractivity contribution in [3.05, 3.63) is 24.8 Å². The van der Waals surface area contributed by atoms with Crippen LogP contribution in [0.15, 0.2) is 24.8 Å². The second kappa shape index (κ2) is 17.2. The zero-order valence-electron chi connectivity index (χ0n) is 32.6. The highest BCUT2D eigenvalue weighted by Crippen LogP contribution is 2.71. The van der Waals surface area contributed by atoms with Gasteiger partial charge in [0.25, 0.3) is 0 Å². The molecule has 5 heteroatoms. The molecule has 0 spiro atoms. The van der Waals surface area contributed by atoms with Crippen LogP contribution in [-0.2, 0) is 24.0 Å². The number of rotatable bonds is 16. The molecule has 0 radical (unpaired) electrons. The molecule has 0 aromatic heterocycles. The van der Waals surface area contributed by atoms with Crippen LogP contribution in [0, 0.1) is 63.6 Å². The van der Waals surface area contributed by atoms with Gasteiger partial charge in [-0.2, -0.15) is 0 Å². The second-order valence-electron chi connectivity index (χ2n) is 18.7. The van der Waals surface area contributed by atoms with E-state index in [0.717, 1.165) is 19.3 Å². The van der Waals surface area contributed by atoms with Crippen LogP contribution in [0.1, 0.15) is 153 Å². The number of ketones is 5. The molecule has 3 aliphatic carbocycles. The lowest BCUT2D eigenvalue weighted by Gasteiger charge is -2.37. The Morgan fingerprint density at radius 2 is 1.46 bits per heavy atom. The van der Waals surface area contributed by atoms with Gasteiger partial charge >= 0.3 is 0 Å². The van der Waals surface area contributed by atoms with E-state index in [9.17, 15) is 24.0 Å². The first-order chi connectivity index (χ1) is 22.1. The summed E-state index contributed by atoms with van der Waals surface area (Å²) >= 11 is 0. The van der Waals surface area contributed by atoms with E-state index in [4.69, 9.17) is 0 Å². The van der Waals surface area contributed by atoms with E-state index in [2.05, 4.69) is 61.6 Å². The molecule has 48 heavy (non-hydrogen) atoms. The van der Waals surface area contributed by atoms with Crippen molar-refractivity contribution in [2.45, 2.75) is 153 Å². The summed E-state index contributed by atoms with van der Waals surface area (Å²) < 4.78 is 0. The van der Waals surface area contributed by atoms with E-state index in [-0.39, 0.29) is 81.7 Å². The van der Waals surface area contributed by atoms with Crippen LogP contribution >= 0.6 is 0 Å². The minimum atomic E-state index is -0.459. The highest BCUT2D eigenvalue weighted by atomic mass is 16.1. The van der Waals surface area contributed by atoms with Crippen molar-refractivity contribution in [3.63, 3.8) is 0 Å². The second-order valence-corrected chi connectivity index (χ2v) is 18.7. The van der Waals surface area contributed by atoms with Crippen LogP contribution in [0.3, 0.4) is 0 Å². The molecule has 8 atom stereocenters. The van der Waals surface area contributed by atoms with Gasteiger partial charge in [-0.05, 0) is 77.6 Å². The maximum absolute atomic E-state index is 14.7. The summed E-state index contributed by atoms with van der Waals surface area (Å²) in [6.07, 6.45) is 9.10. The van der Waals surface area contributed by atoms with E-state index < -0.39 is 17.8 Å². The minimum absolute atomic E-state index is 0.00396. The van der Waals surface area contributed by atoms with E-state index in [1.54, 1.807) is 6.08 Å². The molecule has 7 unspecified atom stereocenters. The Hall–Kier alpha value is -2.17. The van der Waals surface area contributed by atoms with Crippen LogP contribution in [-0.4, -0.2) is 28.9 Å². The topological polar surface area (TPSA) is 85.3 Å². The Kier molecular flexibility index (Phi) is 15.0. The van der Waals surface area contributed by atoms with Crippen molar-refractivity contribution in [1.82, 2.24) is 0 Å². The van der Waals surface area contributed by atoms with Crippen LogP contribution in [0.2, 0.25) is 0 Å². The molecule has 0 bridgehead atoms. The Labute approximate surface area is 293 Å². The third kappa shape index (κ3) is 11.4. The van der Waals surface area contributed by atoms with Crippen molar-refractivity contribution in [3.8, 4) is 0 Å². The van der Waals surface area contributed by atoms with Gasteiger partial charge in [0.2, 0.25) is 0 Å². The van der Waals surface area contributed by atoms with Crippen molar-refractivity contribution < 1.29 is 24.0 Å². The number of carbonyl (C=O) groups excluding carboxylic acids is 5. The predicted octanol–water partition coefficient (Wildman–Crippen LogP) is 10.4. The Bertz CT molecular complexity index is 1190. The lowest BCUT2D eigenvalue weighted by Crippen LogP contribution is -2.40. The molecule has 0 amide bonds. The van der Waals surface area contributed by atoms with Gasteiger partial charge in [0.15, 0.2) is 5.78 Å². The highest BCUT2D eigenvalue weighted by molar-refractivity contribution is 5.98. The quantitative estimate of drug-likeness (QED) is 0.121. The van der Waals surface area contributed by atoms with Gasteiger partial charge in [-0.1, -0.05) is 102 Å². The van der Waals surface area contributed by atoms with Gasteiger partial charge in [-0.15, -0.1) is 6.58 Å². The molecule has 0 aromatic rings. The van der Waals surface area contributed by atoms with Crippen LogP contribution in [0.25, 0.3) is 0 Å². The van der Waals surface area contributed by atoms with Gasteiger partial charge in [0.1, 0.15) is 23.1 Å². The zero-order chi connectivity index (χ0) is 36.8. The van der Waals surface area contributed by atoms with Crippen LogP contribution in [0.5, 0.6) is 0 Å². The first-order valence-corrected chi connectivity index (χ1v) is 19.0. The third-order valence-corrected chi connectivity index (χ3v) is 11.2. The average Bonchev–Trinajstić information content (AvgIpc) is 3.27. The number of hydrogen-bond donors (Lipinski definition) is 0. The van der Waals surface area contributed by atoms with Gasteiger partial charge in [0.05, 0.1) is 0 Å². The molecule has 0 saturated heterocycles. The molecule has 3 fully saturated rings. The summed E-state index contributed by atoms with van der Waals surface area (Å²) in [7, 11) is 0. The standard InChI is InChI=1S/C40H62O5.C3H8/c1-12-13-17-32(42)25(3)24(2)18-33(43)35-30(21-31-36(35)40(31,10)11)37(45)29(20-28(41)22-38(4,5)6)26-15-14-16-27(19-26)34(44)23-39(7,8)9;1-3-2/h12,24,26-27,29-31,35-36H,1,3,13-23H2,2,4-11H3;3H2,1-2H3/t24?,26?,27?,29-,30?,31?,35?,36?;/m1./s1. The van der Waals surface area contributed by atoms with Gasteiger partial charge < -0.3 is 0 Å². The normalized spacial score (nSPS) is 27.4. The summed E-state index contributed by atoms with van der Waals surface area (Å²) in [5, 5.41) is 0.